The van der Waals surface area contributed by atoms with Gasteiger partial charge in [-0.05, 0) is 92.6 Å². The molecule has 39 heavy (non-hydrogen) atoms. The van der Waals surface area contributed by atoms with Gasteiger partial charge in [0, 0.05) is 6.04 Å². The number of fused-ring (bicyclic) bond motifs is 1. The van der Waals surface area contributed by atoms with Gasteiger partial charge in [0.15, 0.2) is 28.2 Å². The van der Waals surface area contributed by atoms with Crippen molar-refractivity contribution in [2.75, 3.05) is 13.4 Å². The van der Waals surface area contributed by atoms with E-state index in [4.69, 9.17) is 23.9 Å². The topological polar surface area (TPSA) is 69.6 Å². The van der Waals surface area contributed by atoms with Crippen molar-refractivity contribution in [3.05, 3.63) is 82.3 Å². The van der Waals surface area contributed by atoms with E-state index in [0.29, 0.717) is 34.8 Å². The third-order valence-electron chi connectivity index (χ3n) is 6.52. The standard InChI is InChI=1S/C31H32N2O5S/c1-5-21(4)33-30(34)29(39-31(33)32-24-11-7-20(3)8-12-24)17-22-9-13-25(27(15-22)35-6-2)36-18-23-10-14-26-28(16-23)38-19-37-26/h7-17,21H,5-6,18-19H2,1-4H3/b29-17+,32-31?/t21-/m1/s1. The van der Waals surface area contributed by atoms with Gasteiger partial charge in [-0.2, -0.15) is 0 Å². The molecule has 8 heteroatoms. The Morgan fingerprint density at radius 1 is 1.00 bits per heavy atom. The molecule has 0 N–H and O–H groups in total. The number of carbonyl (C=O) groups excluding carboxylic acids is 1. The van der Waals surface area contributed by atoms with Crippen molar-refractivity contribution in [1.82, 2.24) is 4.90 Å². The zero-order chi connectivity index (χ0) is 27.4. The van der Waals surface area contributed by atoms with E-state index in [1.54, 1.807) is 4.90 Å². The van der Waals surface area contributed by atoms with Crippen LogP contribution in [-0.2, 0) is 11.4 Å². The van der Waals surface area contributed by atoms with Crippen LogP contribution in [0.1, 0.15) is 43.9 Å². The maximum Gasteiger partial charge on any atom is 0.266 e. The number of aliphatic imine (C=N–C) groups is 1. The van der Waals surface area contributed by atoms with Gasteiger partial charge in [0.05, 0.1) is 17.2 Å². The maximum atomic E-state index is 13.5. The molecule has 0 bridgehead atoms. The molecule has 0 aromatic heterocycles. The molecular formula is C31H32N2O5S. The van der Waals surface area contributed by atoms with Gasteiger partial charge in [-0.1, -0.05) is 36.8 Å². The molecule has 1 amide bonds. The molecule has 0 unspecified atom stereocenters. The molecule has 202 valence electrons. The summed E-state index contributed by atoms with van der Waals surface area (Å²) in [5.41, 5.74) is 3.81. The van der Waals surface area contributed by atoms with E-state index in [1.165, 1.54) is 17.3 Å². The minimum Gasteiger partial charge on any atom is -0.490 e. The van der Waals surface area contributed by atoms with Crippen LogP contribution in [0.15, 0.2) is 70.6 Å². The lowest BCUT2D eigenvalue weighted by Crippen LogP contribution is -2.36. The number of thioether (sulfide) groups is 1. The SMILES string of the molecule is CCOc1cc(/C=C2/SC(=Nc3ccc(C)cc3)N([C@H](C)CC)C2=O)ccc1OCc1ccc2c(c1)OCO2. The van der Waals surface area contributed by atoms with Gasteiger partial charge in [-0.15, -0.1) is 0 Å². The van der Waals surface area contributed by atoms with E-state index in [2.05, 4.69) is 6.92 Å². The van der Waals surface area contributed by atoms with E-state index in [1.807, 2.05) is 87.5 Å². The summed E-state index contributed by atoms with van der Waals surface area (Å²) in [5.74, 6) is 2.67. The van der Waals surface area contributed by atoms with Gasteiger partial charge in [-0.3, -0.25) is 9.69 Å². The monoisotopic (exact) mass is 544 g/mol. The summed E-state index contributed by atoms with van der Waals surface area (Å²) in [4.78, 5) is 20.7. The normalized spacial score (nSPS) is 17.2. The van der Waals surface area contributed by atoms with Crippen molar-refractivity contribution in [2.24, 2.45) is 4.99 Å². The number of aryl methyl sites for hydroxylation is 1. The van der Waals surface area contributed by atoms with E-state index in [0.717, 1.165) is 34.7 Å². The van der Waals surface area contributed by atoms with E-state index in [9.17, 15) is 4.79 Å². The van der Waals surface area contributed by atoms with Crippen LogP contribution in [0, 0.1) is 6.92 Å². The third-order valence-corrected chi connectivity index (χ3v) is 7.51. The Hall–Kier alpha value is -3.91. The first kappa shape index (κ1) is 26.7. The fourth-order valence-electron chi connectivity index (χ4n) is 4.21. The molecule has 3 aromatic rings. The molecule has 1 atom stereocenters. The van der Waals surface area contributed by atoms with E-state index < -0.39 is 0 Å². The van der Waals surface area contributed by atoms with Crippen molar-refractivity contribution in [2.45, 2.75) is 46.8 Å². The summed E-state index contributed by atoms with van der Waals surface area (Å²) in [6.45, 7) is 9.18. The van der Waals surface area contributed by atoms with Gasteiger partial charge in [0.25, 0.3) is 5.91 Å². The van der Waals surface area contributed by atoms with E-state index >= 15 is 0 Å². The maximum absolute atomic E-state index is 13.5. The lowest BCUT2D eigenvalue weighted by atomic mass is 10.1. The number of amides is 1. The number of carbonyl (C=O) groups is 1. The Labute approximate surface area is 233 Å². The number of nitrogens with zero attached hydrogens (tertiary/aromatic N) is 2. The van der Waals surface area contributed by atoms with Crippen molar-refractivity contribution in [3.8, 4) is 23.0 Å². The van der Waals surface area contributed by atoms with Gasteiger partial charge in [-0.25, -0.2) is 4.99 Å². The Balaban J connectivity index is 1.37. The lowest BCUT2D eigenvalue weighted by Gasteiger charge is -2.22. The second-order valence-corrected chi connectivity index (χ2v) is 10.4. The predicted octanol–water partition coefficient (Wildman–Crippen LogP) is 7.10. The highest BCUT2D eigenvalue weighted by molar-refractivity contribution is 8.18. The van der Waals surface area contributed by atoms with Crippen molar-refractivity contribution < 1.29 is 23.7 Å². The molecule has 0 saturated carbocycles. The molecule has 2 heterocycles. The average molecular weight is 545 g/mol. The fraction of sp³-hybridized carbons (Fsp3) is 0.290. The van der Waals surface area contributed by atoms with Gasteiger partial charge >= 0.3 is 0 Å². The number of rotatable bonds is 9. The predicted molar refractivity (Wildman–Crippen MR) is 155 cm³/mol. The molecule has 2 aliphatic rings. The zero-order valence-electron chi connectivity index (χ0n) is 22.6. The summed E-state index contributed by atoms with van der Waals surface area (Å²) in [6.07, 6.45) is 2.72. The first-order valence-electron chi connectivity index (χ1n) is 13.1. The number of amidine groups is 1. The molecule has 0 spiro atoms. The smallest absolute Gasteiger partial charge is 0.266 e. The van der Waals surface area contributed by atoms with Gasteiger partial charge in [0.2, 0.25) is 6.79 Å². The highest BCUT2D eigenvalue weighted by Crippen LogP contribution is 2.38. The molecule has 0 aliphatic carbocycles. The van der Waals surface area contributed by atoms with E-state index in [-0.39, 0.29) is 18.7 Å². The van der Waals surface area contributed by atoms with Crippen LogP contribution in [0.3, 0.4) is 0 Å². The third kappa shape index (κ3) is 6.06. The van der Waals surface area contributed by atoms with Crippen LogP contribution in [0.25, 0.3) is 6.08 Å². The molecule has 0 radical (unpaired) electrons. The van der Waals surface area contributed by atoms with Gasteiger partial charge in [0.1, 0.15) is 6.61 Å². The highest BCUT2D eigenvalue weighted by atomic mass is 32.2. The number of benzene rings is 3. The molecule has 1 fully saturated rings. The molecule has 3 aromatic carbocycles. The number of ether oxygens (including phenoxy) is 4. The van der Waals surface area contributed by atoms with Crippen LogP contribution in [0.2, 0.25) is 0 Å². The second kappa shape index (κ2) is 11.9. The highest BCUT2D eigenvalue weighted by Gasteiger charge is 2.36. The Kier molecular flexibility index (Phi) is 8.12. The fourth-order valence-corrected chi connectivity index (χ4v) is 5.30. The van der Waals surface area contributed by atoms with Crippen LogP contribution in [-0.4, -0.2) is 35.4 Å². The summed E-state index contributed by atoms with van der Waals surface area (Å²) >= 11 is 1.40. The van der Waals surface area contributed by atoms with Crippen LogP contribution in [0.4, 0.5) is 5.69 Å². The van der Waals surface area contributed by atoms with Crippen LogP contribution in [0.5, 0.6) is 23.0 Å². The minimum atomic E-state index is -0.0405. The molecule has 1 saturated heterocycles. The minimum absolute atomic E-state index is 0.0334. The largest absolute Gasteiger partial charge is 0.490 e. The average Bonchev–Trinajstić information content (AvgIpc) is 3.53. The number of hydrogen-bond acceptors (Lipinski definition) is 7. The second-order valence-electron chi connectivity index (χ2n) is 9.39. The summed E-state index contributed by atoms with van der Waals surface area (Å²) in [7, 11) is 0. The molecular weight excluding hydrogens is 512 g/mol. The Morgan fingerprint density at radius 3 is 2.56 bits per heavy atom. The zero-order valence-corrected chi connectivity index (χ0v) is 23.4. The van der Waals surface area contributed by atoms with Crippen molar-refractivity contribution >= 4 is 34.6 Å². The van der Waals surface area contributed by atoms with Crippen molar-refractivity contribution in [3.63, 3.8) is 0 Å². The number of hydrogen-bond donors (Lipinski definition) is 0. The lowest BCUT2D eigenvalue weighted by molar-refractivity contribution is -0.123. The van der Waals surface area contributed by atoms with Crippen molar-refractivity contribution in [1.29, 1.82) is 0 Å². The van der Waals surface area contributed by atoms with Gasteiger partial charge < -0.3 is 18.9 Å². The Bertz CT molecular complexity index is 1420. The Morgan fingerprint density at radius 2 is 1.79 bits per heavy atom. The van der Waals surface area contributed by atoms with Crippen LogP contribution < -0.4 is 18.9 Å². The first-order valence-corrected chi connectivity index (χ1v) is 13.9. The molecule has 5 rings (SSSR count). The molecule has 7 nitrogen and oxygen atoms in total. The summed E-state index contributed by atoms with van der Waals surface area (Å²) in [5, 5.41) is 0.693. The summed E-state index contributed by atoms with van der Waals surface area (Å²) < 4.78 is 22.8. The quantitative estimate of drug-likeness (QED) is 0.268. The molecule has 2 aliphatic heterocycles. The summed E-state index contributed by atoms with van der Waals surface area (Å²) in [6, 6.07) is 19.5. The first-order chi connectivity index (χ1) is 18.9. The van der Waals surface area contributed by atoms with Crippen LogP contribution >= 0.6 is 11.8 Å².